The minimum Gasteiger partial charge on any atom is -0.550 e. The number of carboxylic acid groups (broad SMARTS) is 2. The molecule has 0 saturated carbocycles. The van der Waals surface area contributed by atoms with E-state index < -0.39 is 163 Å². The molecule has 1 fully saturated rings. The van der Waals surface area contributed by atoms with Crippen LogP contribution in [0.1, 0.15) is 102 Å². The number of para-hydroxylation sites is 1. The lowest BCUT2D eigenvalue weighted by molar-refractivity contribution is -0.306. The summed E-state index contributed by atoms with van der Waals surface area (Å²) in [5.41, 5.74) is 8.45. The Kier molecular flexibility index (Phi) is 30.2. The second-order valence-electron chi connectivity index (χ2n) is 23.4. The van der Waals surface area contributed by atoms with Crippen LogP contribution in [0, 0.1) is 5.92 Å². The molecule has 4 heterocycles. The number of carboxylic acids is 2. The molecule has 1 saturated heterocycles. The van der Waals surface area contributed by atoms with Crippen LogP contribution in [0.5, 0.6) is 5.75 Å². The lowest BCUT2D eigenvalue weighted by atomic mass is 10.00. The molecule has 4 bridgehead atoms. The molecule has 518 valence electrons. The number of carbonyl (C=O) groups excluding carboxylic acids is 12. The van der Waals surface area contributed by atoms with Crippen molar-refractivity contribution in [2.45, 2.75) is 157 Å². The largest absolute Gasteiger partial charge is 0.550 e. The Morgan fingerprint density at radius 2 is 1.41 bits per heavy atom. The number of ether oxygens (including phenoxy) is 1. The normalized spacial score (nSPS) is 25.1. The Morgan fingerprint density at radius 3 is 2.11 bits per heavy atom. The quantitative estimate of drug-likeness (QED) is 0.101. The van der Waals surface area contributed by atoms with Crippen LogP contribution in [-0.2, 0) is 85.1 Å². The third-order valence-electron chi connectivity index (χ3n) is 15.6. The van der Waals surface area contributed by atoms with E-state index in [0.29, 0.717) is 59.2 Å². The first-order valence-corrected chi connectivity index (χ1v) is 34.9. The SMILES string of the molecule is CSCC[C@@H]1NC(=O)[C@@H]2CCCN2C(=O)[C@@H]2CSCc3cc(cc(c3)OCCCCCCO/N=C/C(=O)N[C@@H](C)C(=O)N2)CSC[C@@H](C(N)=O)NC(=O)[C@H](CCC(=O)O)NC(=O)CNC(=O)[C@H](Cc2c[nH]c3ccccc23)NC(=O)[C@H](C(C)C)NC(=O)[C@H](CC(=O)[O-])NC1=O. The standard InChI is InChI=1S/C62H85N13O17S3/c1-34(2)53-61(89)71-44(25-38-27-64-41-13-8-7-12-40(38)41)56(84)65-28-49(76)68-42(15-16-51(78)79)57(85)72-46(54(63)82)32-94-30-36-22-37-24-39(23-36)91-19-9-5-6-10-20-92-66-29-50(77)67-35(3)55(83)73-47(33-95-31-37)62(90)75-18-11-14-48(75)60(88)69-43(17-21-93-4)58(86)70-45(26-52(80)81)59(87)74-53/h7-8,12-13,22-24,27,29,34-35,42-48,53,64H,5-6,9-11,14-21,25-26,28,30-33H2,1-4H3,(H2,63,82)(H,65,84)(H,67,77)(H,68,76)(H,69,88)(H,70,86)(H,71,89)(H,72,85)(H,73,83)(H,74,87)(H,78,79)(H,80,81)/p-1/b66-29+/t35-,42-,43-,44-,45-,46-,47-,48-,53-/m0/s1. The number of primary amides is 1. The summed E-state index contributed by atoms with van der Waals surface area (Å²) in [6.45, 7) is 4.23. The Morgan fingerprint density at radius 1 is 0.747 bits per heavy atom. The molecule has 1 aromatic heterocycles. The first-order valence-electron chi connectivity index (χ1n) is 31.2. The number of aromatic amines is 1. The van der Waals surface area contributed by atoms with Crippen molar-refractivity contribution in [1.82, 2.24) is 57.7 Å². The maximum atomic E-state index is 14.9. The summed E-state index contributed by atoms with van der Waals surface area (Å²) in [5, 5.41) is 49.2. The number of H-pyrrole nitrogens is 1. The van der Waals surface area contributed by atoms with Gasteiger partial charge in [-0.05, 0) is 111 Å². The van der Waals surface area contributed by atoms with Crippen LogP contribution < -0.4 is 63.4 Å². The minimum absolute atomic E-state index is 0.0471. The van der Waals surface area contributed by atoms with Crippen molar-refractivity contribution in [2.24, 2.45) is 16.8 Å². The van der Waals surface area contributed by atoms with E-state index in [0.717, 1.165) is 19.1 Å². The summed E-state index contributed by atoms with van der Waals surface area (Å²) >= 11 is 3.76. The van der Waals surface area contributed by atoms with E-state index in [4.69, 9.17) is 15.3 Å². The van der Waals surface area contributed by atoms with Crippen LogP contribution in [0.15, 0.2) is 53.8 Å². The number of nitrogens with one attached hydrogen (secondary N) is 10. The molecule has 13 N–H and O–H groups in total. The van der Waals surface area contributed by atoms with Gasteiger partial charge in [-0.3, -0.25) is 57.5 Å². The third kappa shape index (κ3) is 24.3. The van der Waals surface area contributed by atoms with Crippen molar-refractivity contribution in [3.05, 3.63) is 65.4 Å². The van der Waals surface area contributed by atoms with Crippen LogP contribution in [0.25, 0.3) is 10.9 Å². The van der Waals surface area contributed by atoms with Crippen molar-refractivity contribution in [3.8, 4) is 5.75 Å². The Labute approximate surface area is 561 Å². The molecule has 0 radical (unpaired) electrons. The highest BCUT2D eigenvalue weighted by Gasteiger charge is 2.41. The molecule has 0 spiro atoms. The number of oxime groups is 1. The average molecular weight is 1380 g/mol. The first-order chi connectivity index (χ1) is 45.4. The highest BCUT2D eigenvalue weighted by Crippen LogP contribution is 2.27. The van der Waals surface area contributed by atoms with Gasteiger partial charge in [-0.2, -0.15) is 35.3 Å². The lowest BCUT2D eigenvalue weighted by Crippen LogP contribution is -2.61. The molecule has 3 aromatic rings. The molecule has 6 rings (SSSR count). The molecule has 95 heavy (non-hydrogen) atoms. The number of rotatable bonds is 12. The van der Waals surface area contributed by atoms with Crippen molar-refractivity contribution in [3.63, 3.8) is 0 Å². The van der Waals surface area contributed by atoms with E-state index in [9.17, 15) is 72.5 Å². The highest BCUT2D eigenvalue weighted by atomic mass is 32.2. The molecule has 11 amide bonds. The lowest BCUT2D eigenvalue weighted by Gasteiger charge is -2.31. The molecule has 0 aliphatic carbocycles. The number of fused-ring (bicyclic) bond motifs is 7. The smallest absolute Gasteiger partial charge is 0.303 e. The fourth-order valence-electron chi connectivity index (χ4n) is 10.5. The summed E-state index contributed by atoms with van der Waals surface area (Å²) in [4.78, 5) is 188. The molecule has 30 nitrogen and oxygen atoms in total. The zero-order valence-corrected chi connectivity index (χ0v) is 55.7. The molecule has 3 aliphatic rings. The fraction of sp³-hybridized carbons (Fsp3) is 0.548. The second-order valence-corrected chi connectivity index (χ2v) is 26.4. The maximum Gasteiger partial charge on any atom is 0.303 e. The number of hydrogen-bond acceptors (Lipinski definition) is 20. The minimum atomic E-state index is -1.91. The summed E-state index contributed by atoms with van der Waals surface area (Å²) in [6, 6.07) is -0.469. The highest BCUT2D eigenvalue weighted by molar-refractivity contribution is 7.99. The maximum absolute atomic E-state index is 14.9. The zero-order chi connectivity index (χ0) is 69.1. The van der Waals surface area contributed by atoms with Gasteiger partial charge in [0.25, 0.3) is 5.91 Å². The molecular weight excluding hydrogens is 1290 g/mol. The van der Waals surface area contributed by atoms with Gasteiger partial charge in [0.2, 0.25) is 59.1 Å². The zero-order valence-electron chi connectivity index (χ0n) is 53.3. The summed E-state index contributed by atoms with van der Waals surface area (Å²) in [7, 11) is 0. The van der Waals surface area contributed by atoms with Gasteiger partial charge in [0.15, 0.2) is 0 Å². The van der Waals surface area contributed by atoms with Crippen LogP contribution in [0.3, 0.4) is 0 Å². The number of carbonyl (C=O) groups is 13. The van der Waals surface area contributed by atoms with Gasteiger partial charge in [-0.1, -0.05) is 43.3 Å². The number of hydrogen-bond donors (Lipinski definition) is 12. The topological polar surface area (TPSA) is 449 Å². The second kappa shape index (κ2) is 38.1. The summed E-state index contributed by atoms with van der Waals surface area (Å²) < 4.78 is 6.24. The van der Waals surface area contributed by atoms with Gasteiger partial charge in [0.1, 0.15) is 72.9 Å². The Balaban J connectivity index is 1.37. The molecule has 0 unspecified atom stereocenters. The van der Waals surface area contributed by atoms with Crippen molar-refractivity contribution in [1.29, 1.82) is 0 Å². The fourth-order valence-corrected chi connectivity index (χ4v) is 13.0. The van der Waals surface area contributed by atoms with E-state index in [1.54, 1.807) is 42.8 Å². The average Bonchev–Trinajstić information content (AvgIpc) is 1.77. The third-order valence-corrected chi connectivity index (χ3v) is 18.4. The van der Waals surface area contributed by atoms with Crippen molar-refractivity contribution >= 4 is 129 Å². The van der Waals surface area contributed by atoms with E-state index in [2.05, 4.69) is 58.0 Å². The van der Waals surface area contributed by atoms with Gasteiger partial charge in [-0.15, -0.1) is 0 Å². The van der Waals surface area contributed by atoms with Gasteiger partial charge in [0.05, 0.1) is 13.2 Å². The number of thioether (sulfide) groups is 3. The number of aromatic nitrogens is 1. The first kappa shape index (κ1) is 75.4. The molecule has 9 atom stereocenters. The predicted molar refractivity (Wildman–Crippen MR) is 352 cm³/mol. The van der Waals surface area contributed by atoms with Crippen LogP contribution in [0.4, 0.5) is 0 Å². The van der Waals surface area contributed by atoms with E-state index >= 15 is 0 Å². The van der Waals surface area contributed by atoms with Crippen LogP contribution in [0.2, 0.25) is 0 Å². The van der Waals surface area contributed by atoms with Gasteiger partial charge >= 0.3 is 5.97 Å². The van der Waals surface area contributed by atoms with E-state index in [-0.39, 0.29) is 61.2 Å². The van der Waals surface area contributed by atoms with E-state index in [1.165, 1.54) is 61.0 Å². The molecular formula is C62H84N13O17S3-. The molecule has 33 heteroatoms. The van der Waals surface area contributed by atoms with Crippen molar-refractivity contribution < 1.29 is 82.1 Å². The van der Waals surface area contributed by atoms with Gasteiger partial charge in [-0.25, -0.2) is 0 Å². The number of nitrogens with zero attached hydrogens (tertiary/aromatic N) is 2. The number of benzene rings is 2. The molecule has 2 aromatic carbocycles. The summed E-state index contributed by atoms with van der Waals surface area (Å²) in [6.07, 6.45) is 5.04. The monoisotopic (exact) mass is 1380 g/mol. The number of nitrogens with two attached hydrogens (primary N) is 1. The van der Waals surface area contributed by atoms with Crippen molar-refractivity contribution in [2.75, 3.05) is 49.8 Å². The Bertz CT molecular complexity index is 3280. The van der Waals surface area contributed by atoms with Gasteiger partial charge < -0.3 is 88.1 Å². The predicted octanol–water partition coefficient (Wildman–Crippen LogP) is -1.25. The Hall–Kier alpha value is -8.59. The molecule has 3 aliphatic heterocycles. The number of aliphatic carboxylic acids is 2. The van der Waals surface area contributed by atoms with Gasteiger partial charge in [0, 0.05) is 71.9 Å². The van der Waals surface area contributed by atoms with Crippen LogP contribution in [-0.4, -0.2) is 202 Å². The number of amides is 11. The van der Waals surface area contributed by atoms with E-state index in [1.807, 2.05) is 12.1 Å². The summed E-state index contributed by atoms with van der Waals surface area (Å²) in [5.74, 6) is -12.7. The van der Waals surface area contributed by atoms with Crippen LogP contribution >= 0.6 is 35.3 Å².